The molecule has 0 aromatic heterocycles. The predicted octanol–water partition coefficient (Wildman–Crippen LogP) is 2.57. The zero-order chi connectivity index (χ0) is 11.0. The van der Waals surface area contributed by atoms with Crippen molar-refractivity contribution in [1.29, 1.82) is 0 Å². The first-order valence-electron chi connectivity index (χ1n) is 4.93. The van der Waals surface area contributed by atoms with Gasteiger partial charge in [0.25, 0.3) is 0 Å². The molecule has 82 valence electrons. The van der Waals surface area contributed by atoms with Gasteiger partial charge in [0.05, 0.1) is 0 Å². The van der Waals surface area contributed by atoms with Gasteiger partial charge in [-0.2, -0.15) is 0 Å². The van der Waals surface area contributed by atoms with E-state index in [9.17, 15) is 13.2 Å². The maximum absolute atomic E-state index is 12.9. The molecule has 1 N–H and O–H groups in total. The van der Waals surface area contributed by atoms with Crippen molar-refractivity contribution in [3.8, 4) is 0 Å². The number of hydrogen-bond acceptors (Lipinski definition) is 1. The Morgan fingerprint density at radius 3 is 2.13 bits per heavy atom. The Morgan fingerprint density at radius 1 is 1.13 bits per heavy atom. The monoisotopic (exact) mass is 215 g/mol. The molecule has 1 aliphatic carbocycles. The van der Waals surface area contributed by atoms with Crippen molar-refractivity contribution in [3.63, 3.8) is 0 Å². The molecule has 1 aliphatic rings. The van der Waals surface area contributed by atoms with E-state index in [4.69, 9.17) is 0 Å². The minimum Gasteiger partial charge on any atom is -0.317 e. The topological polar surface area (TPSA) is 12.0 Å². The minimum atomic E-state index is -1.39. The number of nitrogens with one attached hydrogen (secondary N) is 1. The molecule has 4 heteroatoms. The van der Waals surface area contributed by atoms with Gasteiger partial charge in [0.1, 0.15) is 0 Å². The van der Waals surface area contributed by atoms with Gasteiger partial charge in [0.2, 0.25) is 0 Å². The third-order valence-corrected chi connectivity index (χ3v) is 3.02. The number of halogens is 3. The fourth-order valence-corrected chi connectivity index (χ4v) is 1.94. The fourth-order valence-electron chi connectivity index (χ4n) is 1.94. The number of rotatable bonds is 2. The van der Waals surface area contributed by atoms with E-state index in [1.54, 1.807) is 0 Å². The van der Waals surface area contributed by atoms with E-state index in [1.165, 1.54) is 0 Å². The lowest BCUT2D eigenvalue weighted by molar-refractivity contribution is 0.304. The van der Waals surface area contributed by atoms with Crippen molar-refractivity contribution < 1.29 is 13.2 Å². The van der Waals surface area contributed by atoms with E-state index < -0.39 is 17.5 Å². The van der Waals surface area contributed by atoms with Gasteiger partial charge < -0.3 is 5.32 Å². The first kappa shape index (κ1) is 10.5. The Hall–Kier alpha value is -1.03. The van der Waals surface area contributed by atoms with Gasteiger partial charge >= 0.3 is 0 Å². The summed E-state index contributed by atoms with van der Waals surface area (Å²) in [5.74, 6) is -3.44. The Balaban J connectivity index is 2.17. The Morgan fingerprint density at radius 2 is 1.67 bits per heavy atom. The molecule has 0 amide bonds. The summed E-state index contributed by atoms with van der Waals surface area (Å²) in [5.41, 5.74) is 0.554. The van der Waals surface area contributed by atoms with Crippen LogP contribution in [0.2, 0.25) is 0 Å². The summed E-state index contributed by atoms with van der Waals surface area (Å²) in [6, 6.07) is 2.59. The van der Waals surface area contributed by atoms with Crippen LogP contribution in [0.3, 0.4) is 0 Å². The normalized spacial score (nSPS) is 25.1. The molecule has 0 bridgehead atoms. The van der Waals surface area contributed by atoms with E-state index in [-0.39, 0.29) is 5.92 Å². The molecular formula is C11H12F3N. The molecule has 1 aromatic carbocycles. The molecule has 0 atom stereocenters. The fraction of sp³-hybridized carbons (Fsp3) is 0.455. The summed E-state index contributed by atoms with van der Waals surface area (Å²) in [6.45, 7) is 0. The van der Waals surface area contributed by atoms with Gasteiger partial charge in [0.15, 0.2) is 17.5 Å². The van der Waals surface area contributed by atoms with Crippen LogP contribution in [0.4, 0.5) is 13.2 Å². The molecule has 0 spiro atoms. The van der Waals surface area contributed by atoms with E-state index >= 15 is 0 Å². The molecule has 0 heterocycles. The second kappa shape index (κ2) is 3.85. The standard InChI is InChI=1S/C11H12F3N/c1-15-8-2-6(3-8)7-4-9(12)11(14)10(13)5-7/h4-6,8,15H,2-3H2,1H3. The average molecular weight is 215 g/mol. The van der Waals surface area contributed by atoms with Crippen molar-refractivity contribution in [1.82, 2.24) is 5.32 Å². The first-order valence-corrected chi connectivity index (χ1v) is 4.93. The van der Waals surface area contributed by atoms with E-state index in [0.29, 0.717) is 11.6 Å². The Labute approximate surface area is 86.3 Å². The summed E-state index contributed by atoms with van der Waals surface area (Å²) >= 11 is 0. The molecule has 1 fully saturated rings. The van der Waals surface area contributed by atoms with Crippen LogP contribution in [0.25, 0.3) is 0 Å². The van der Waals surface area contributed by atoms with Crippen LogP contribution >= 0.6 is 0 Å². The van der Waals surface area contributed by atoms with Crippen molar-refractivity contribution in [2.24, 2.45) is 0 Å². The zero-order valence-electron chi connectivity index (χ0n) is 8.36. The number of benzene rings is 1. The predicted molar refractivity (Wildman–Crippen MR) is 51.1 cm³/mol. The first-order chi connectivity index (χ1) is 7.11. The minimum absolute atomic E-state index is 0.145. The van der Waals surface area contributed by atoms with Gasteiger partial charge in [-0.1, -0.05) is 0 Å². The highest BCUT2D eigenvalue weighted by Crippen LogP contribution is 2.37. The summed E-state index contributed by atoms with van der Waals surface area (Å²) in [5, 5.41) is 3.08. The molecule has 0 aliphatic heterocycles. The molecule has 1 saturated carbocycles. The molecule has 0 saturated heterocycles. The third-order valence-electron chi connectivity index (χ3n) is 3.02. The van der Waals surface area contributed by atoms with Crippen molar-refractivity contribution >= 4 is 0 Å². The third kappa shape index (κ3) is 1.86. The zero-order valence-corrected chi connectivity index (χ0v) is 8.36. The molecule has 1 aromatic rings. The Bertz CT molecular complexity index is 349. The molecule has 15 heavy (non-hydrogen) atoms. The summed E-state index contributed by atoms with van der Waals surface area (Å²) in [4.78, 5) is 0. The summed E-state index contributed by atoms with van der Waals surface area (Å²) < 4.78 is 38.5. The maximum Gasteiger partial charge on any atom is 0.194 e. The Kier molecular flexibility index (Phi) is 2.69. The highest BCUT2D eigenvalue weighted by Gasteiger charge is 2.30. The van der Waals surface area contributed by atoms with E-state index in [1.807, 2.05) is 7.05 Å². The second-order valence-corrected chi connectivity index (χ2v) is 3.95. The largest absolute Gasteiger partial charge is 0.317 e. The van der Waals surface area contributed by atoms with Gasteiger partial charge in [0, 0.05) is 6.04 Å². The summed E-state index contributed by atoms with van der Waals surface area (Å²) in [7, 11) is 1.85. The van der Waals surface area contributed by atoms with Crippen LogP contribution in [0, 0.1) is 17.5 Å². The van der Waals surface area contributed by atoms with Gasteiger partial charge in [-0.3, -0.25) is 0 Å². The van der Waals surface area contributed by atoms with E-state index in [0.717, 1.165) is 25.0 Å². The highest BCUT2D eigenvalue weighted by atomic mass is 19.2. The molecule has 1 nitrogen and oxygen atoms in total. The number of hydrogen-bond donors (Lipinski definition) is 1. The quantitative estimate of drug-likeness (QED) is 0.747. The smallest absolute Gasteiger partial charge is 0.194 e. The van der Waals surface area contributed by atoms with Crippen LogP contribution < -0.4 is 5.32 Å². The summed E-state index contributed by atoms with van der Waals surface area (Å²) in [6.07, 6.45) is 1.70. The highest BCUT2D eigenvalue weighted by molar-refractivity contribution is 5.25. The maximum atomic E-state index is 12.9. The van der Waals surface area contributed by atoms with Crippen molar-refractivity contribution in [3.05, 3.63) is 35.1 Å². The van der Waals surface area contributed by atoms with Crippen LogP contribution in [-0.4, -0.2) is 13.1 Å². The van der Waals surface area contributed by atoms with Gasteiger partial charge in [-0.05, 0) is 43.5 Å². The van der Waals surface area contributed by atoms with Crippen molar-refractivity contribution in [2.75, 3.05) is 7.05 Å². The lowest BCUT2D eigenvalue weighted by atomic mass is 9.76. The lowest BCUT2D eigenvalue weighted by Crippen LogP contribution is -2.37. The molecule has 0 unspecified atom stereocenters. The SMILES string of the molecule is CNC1CC(c2cc(F)c(F)c(F)c2)C1. The van der Waals surface area contributed by atoms with Crippen LogP contribution in [-0.2, 0) is 0 Å². The molecular weight excluding hydrogens is 203 g/mol. The van der Waals surface area contributed by atoms with Crippen LogP contribution in [0.1, 0.15) is 24.3 Å². The second-order valence-electron chi connectivity index (χ2n) is 3.95. The van der Waals surface area contributed by atoms with Gasteiger partial charge in [-0.15, -0.1) is 0 Å². The van der Waals surface area contributed by atoms with E-state index in [2.05, 4.69) is 5.32 Å². The average Bonchev–Trinajstić information content (AvgIpc) is 2.12. The molecule has 0 radical (unpaired) electrons. The van der Waals surface area contributed by atoms with Crippen LogP contribution in [0.5, 0.6) is 0 Å². The van der Waals surface area contributed by atoms with Crippen molar-refractivity contribution in [2.45, 2.75) is 24.8 Å². The molecule has 2 rings (SSSR count). The lowest BCUT2D eigenvalue weighted by Gasteiger charge is -2.35. The van der Waals surface area contributed by atoms with Crippen LogP contribution in [0.15, 0.2) is 12.1 Å². The van der Waals surface area contributed by atoms with Gasteiger partial charge in [-0.25, -0.2) is 13.2 Å².